The molecule has 1 atom stereocenters. The minimum Gasteiger partial charge on any atom is -0.355 e. The molecule has 0 bridgehead atoms. The van der Waals surface area contributed by atoms with Gasteiger partial charge in [-0.3, -0.25) is 9.67 Å². The normalized spacial score (nSPS) is 13.1. The minimum absolute atomic E-state index is 0. The third-order valence-electron chi connectivity index (χ3n) is 2.78. The number of rotatable bonds is 5. The van der Waals surface area contributed by atoms with Crippen LogP contribution < -0.4 is 10.6 Å². The first kappa shape index (κ1) is 17.2. The van der Waals surface area contributed by atoms with Crippen molar-refractivity contribution in [2.75, 3.05) is 13.6 Å². The Kier molecular flexibility index (Phi) is 8.78. The molecule has 0 radical (unpaired) electrons. The van der Waals surface area contributed by atoms with E-state index in [0.29, 0.717) is 12.0 Å². The van der Waals surface area contributed by atoms with Crippen molar-refractivity contribution in [3.63, 3.8) is 0 Å². The summed E-state index contributed by atoms with van der Waals surface area (Å²) < 4.78 is 1.89. The molecule has 104 valence electrons. The molecule has 0 saturated carbocycles. The molecular formula is C12H24IN5. The van der Waals surface area contributed by atoms with Crippen LogP contribution in [0.3, 0.4) is 0 Å². The Labute approximate surface area is 126 Å². The van der Waals surface area contributed by atoms with E-state index >= 15 is 0 Å². The van der Waals surface area contributed by atoms with Crippen LogP contribution in [-0.4, -0.2) is 35.4 Å². The predicted octanol–water partition coefficient (Wildman–Crippen LogP) is 1.71. The van der Waals surface area contributed by atoms with Crippen molar-refractivity contribution in [1.29, 1.82) is 0 Å². The number of aliphatic imine (C=N–C) groups is 1. The smallest absolute Gasteiger partial charge is 0.191 e. The van der Waals surface area contributed by atoms with Crippen LogP contribution in [0.4, 0.5) is 0 Å². The molecule has 0 aliphatic carbocycles. The van der Waals surface area contributed by atoms with Crippen LogP contribution in [0.2, 0.25) is 0 Å². The molecule has 0 amide bonds. The highest BCUT2D eigenvalue weighted by Crippen LogP contribution is 1.98. The average Bonchev–Trinajstić information content (AvgIpc) is 2.80. The first-order chi connectivity index (χ1) is 8.13. The number of halogens is 1. The average molecular weight is 365 g/mol. The van der Waals surface area contributed by atoms with Gasteiger partial charge in [0.25, 0.3) is 0 Å². The molecule has 0 spiro atoms. The minimum atomic E-state index is 0. The van der Waals surface area contributed by atoms with E-state index in [1.165, 1.54) is 0 Å². The van der Waals surface area contributed by atoms with Gasteiger partial charge in [-0.15, -0.1) is 24.0 Å². The summed E-state index contributed by atoms with van der Waals surface area (Å²) in [5.74, 6) is 1.43. The number of hydrogen-bond donors (Lipinski definition) is 2. The van der Waals surface area contributed by atoms with E-state index in [9.17, 15) is 0 Å². The molecule has 6 heteroatoms. The fraction of sp³-hybridized carbons (Fsp3) is 0.667. The van der Waals surface area contributed by atoms with Crippen LogP contribution in [-0.2, 0) is 6.54 Å². The van der Waals surface area contributed by atoms with Gasteiger partial charge in [-0.25, -0.2) is 0 Å². The van der Waals surface area contributed by atoms with E-state index < -0.39 is 0 Å². The van der Waals surface area contributed by atoms with Crippen molar-refractivity contribution < 1.29 is 0 Å². The number of hydrogen-bond acceptors (Lipinski definition) is 2. The molecule has 0 aromatic carbocycles. The summed E-state index contributed by atoms with van der Waals surface area (Å²) in [6.45, 7) is 8.18. The van der Waals surface area contributed by atoms with Gasteiger partial charge >= 0.3 is 0 Å². The SMILES string of the molecule is CN=C(NCCn1cccn1)NC(C)C(C)C.I. The highest BCUT2D eigenvalue weighted by atomic mass is 127. The van der Waals surface area contributed by atoms with Crippen molar-refractivity contribution in [1.82, 2.24) is 20.4 Å². The van der Waals surface area contributed by atoms with Crippen molar-refractivity contribution in [3.8, 4) is 0 Å². The second-order valence-corrected chi connectivity index (χ2v) is 4.45. The molecule has 18 heavy (non-hydrogen) atoms. The van der Waals surface area contributed by atoms with Gasteiger partial charge in [0.05, 0.1) is 6.54 Å². The second kappa shape index (κ2) is 9.18. The Hall–Kier alpha value is -0.790. The van der Waals surface area contributed by atoms with Crippen LogP contribution >= 0.6 is 24.0 Å². The van der Waals surface area contributed by atoms with Crippen LogP contribution in [0, 0.1) is 5.92 Å². The summed E-state index contributed by atoms with van der Waals surface area (Å²) in [6.07, 6.45) is 3.74. The molecule has 1 unspecified atom stereocenters. The quantitative estimate of drug-likeness (QED) is 0.475. The van der Waals surface area contributed by atoms with Crippen LogP contribution in [0.15, 0.2) is 23.5 Å². The number of aromatic nitrogens is 2. The Morgan fingerprint density at radius 1 is 1.39 bits per heavy atom. The molecule has 0 saturated heterocycles. The van der Waals surface area contributed by atoms with Crippen LogP contribution in [0.1, 0.15) is 20.8 Å². The molecule has 0 aliphatic rings. The second-order valence-electron chi connectivity index (χ2n) is 4.45. The van der Waals surface area contributed by atoms with Gasteiger partial charge in [-0.05, 0) is 18.9 Å². The van der Waals surface area contributed by atoms with Gasteiger partial charge in [-0.2, -0.15) is 5.10 Å². The zero-order valence-corrected chi connectivity index (χ0v) is 13.9. The monoisotopic (exact) mass is 365 g/mol. The maximum atomic E-state index is 4.19. The molecule has 5 nitrogen and oxygen atoms in total. The standard InChI is InChI=1S/C12H23N5.HI/c1-10(2)11(3)16-12(13-4)14-7-9-17-8-5-6-15-17;/h5-6,8,10-11H,7,9H2,1-4H3,(H2,13,14,16);1H. The highest BCUT2D eigenvalue weighted by molar-refractivity contribution is 14.0. The van der Waals surface area contributed by atoms with Gasteiger partial charge < -0.3 is 10.6 Å². The third-order valence-corrected chi connectivity index (χ3v) is 2.78. The van der Waals surface area contributed by atoms with Crippen molar-refractivity contribution in [3.05, 3.63) is 18.5 Å². The topological polar surface area (TPSA) is 54.2 Å². The molecule has 1 aromatic heterocycles. The first-order valence-corrected chi connectivity index (χ1v) is 6.08. The molecular weight excluding hydrogens is 341 g/mol. The largest absolute Gasteiger partial charge is 0.355 e. The Balaban J connectivity index is 0.00000289. The number of guanidine groups is 1. The summed E-state index contributed by atoms with van der Waals surface area (Å²) in [4.78, 5) is 4.19. The lowest BCUT2D eigenvalue weighted by Crippen LogP contribution is -2.45. The predicted molar refractivity (Wildman–Crippen MR) is 86.4 cm³/mol. The van der Waals surface area contributed by atoms with Gasteiger partial charge in [0.2, 0.25) is 0 Å². The zero-order valence-electron chi connectivity index (χ0n) is 11.6. The van der Waals surface area contributed by atoms with Crippen molar-refractivity contribution >= 4 is 29.9 Å². The lowest BCUT2D eigenvalue weighted by molar-refractivity contribution is 0.479. The van der Waals surface area contributed by atoms with Crippen molar-refractivity contribution in [2.45, 2.75) is 33.4 Å². The van der Waals surface area contributed by atoms with Gasteiger partial charge in [0.1, 0.15) is 0 Å². The summed E-state index contributed by atoms with van der Waals surface area (Å²) in [5, 5.41) is 10.8. The summed E-state index contributed by atoms with van der Waals surface area (Å²) in [5.41, 5.74) is 0. The van der Waals surface area contributed by atoms with E-state index in [4.69, 9.17) is 0 Å². The Bertz CT molecular complexity index is 334. The third kappa shape index (κ3) is 6.23. The summed E-state index contributed by atoms with van der Waals surface area (Å²) in [7, 11) is 1.79. The van der Waals surface area contributed by atoms with E-state index in [2.05, 4.69) is 41.5 Å². The lowest BCUT2D eigenvalue weighted by atomic mass is 10.1. The fourth-order valence-electron chi connectivity index (χ4n) is 1.30. The molecule has 1 rings (SSSR count). The molecule has 0 aliphatic heterocycles. The first-order valence-electron chi connectivity index (χ1n) is 6.08. The Morgan fingerprint density at radius 2 is 2.11 bits per heavy atom. The molecule has 2 N–H and O–H groups in total. The van der Waals surface area contributed by atoms with E-state index in [1.807, 2.05) is 16.9 Å². The summed E-state index contributed by atoms with van der Waals surface area (Å²) in [6, 6.07) is 2.33. The summed E-state index contributed by atoms with van der Waals surface area (Å²) >= 11 is 0. The van der Waals surface area contributed by atoms with E-state index in [0.717, 1.165) is 19.0 Å². The van der Waals surface area contributed by atoms with Crippen molar-refractivity contribution in [2.24, 2.45) is 10.9 Å². The van der Waals surface area contributed by atoms with E-state index in [1.54, 1.807) is 13.2 Å². The van der Waals surface area contributed by atoms with Gasteiger partial charge in [-0.1, -0.05) is 13.8 Å². The lowest BCUT2D eigenvalue weighted by Gasteiger charge is -2.20. The highest BCUT2D eigenvalue weighted by Gasteiger charge is 2.08. The molecule has 1 aromatic rings. The zero-order chi connectivity index (χ0) is 12.7. The van der Waals surface area contributed by atoms with Gasteiger partial charge in [0, 0.05) is 32.0 Å². The van der Waals surface area contributed by atoms with E-state index in [-0.39, 0.29) is 24.0 Å². The number of nitrogens with zero attached hydrogens (tertiary/aromatic N) is 3. The van der Waals surface area contributed by atoms with Crippen LogP contribution in [0.25, 0.3) is 0 Å². The maximum Gasteiger partial charge on any atom is 0.191 e. The fourth-order valence-corrected chi connectivity index (χ4v) is 1.30. The van der Waals surface area contributed by atoms with Gasteiger partial charge in [0.15, 0.2) is 5.96 Å². The maximum absolute atomic E-state index is 4.19. The number of nitrogens with one attached hydrogen (secondary N) is 2. The molecule has 0 fully saturated rings. The Morgan fingerprint density at radius 3 is 2.61 bits per heavy atom. The molecule has 1 heterocycles. The van der Waals surface area contributed by atoms with Crippen LogP contribution in [0.5, 0.6) is 0 Å².